The molecule has 0 aliphatic carbocycles. The van der Waals surface area contributed by atoms with Gasteiger partial charge in [-0.1, -0.05) is 30.7 Å². The second-order valence-corrected chi connectivity index (χ2v) is 4.89. The van der Waals surface area contributed by atoms with Crippen LogP contribution in [0.25, 0.3) is 0 Å². The van der Waals surface area contributed by atoms with Crippen molar-refractivity contribution in [3.05, 3.63) is 34.9 Å². The number of ketones is 1. The average molecular weight is 252 g/mol. The third-order valence-electron chi connectivity index (χ3n) is 2.92. The van der Waals surface area contributed by atoms with Crippen LogP contribution in [0, 0.1) is 5.92 Å². The van der Waals surface area contributed by atoms with Crippen molar-refractivity contribution in [3.8, 4) is 0 Å². The smallest absolute Gasteiger partial charge is 0.223 e. The Kier molecular flexibility index (Phi) is 3.48. The van der Waals surface area contributed by atoms with Crippen LogP contribution in [0.5, 0.6) is 0 Å². The van der Waals surface area contributed by atoms with Gasteiger partial charge in [-0.25, -0.2) is 0 Å². The summed E-state index contributed by atoms with van der Waals surface area (Å²) in [6.45, 7) is 2.81. The first-order valence-electron chi connectivity index (χ1n) is 5.63. The van der Waals surface area contributed by atoms with E-state index in [1.807, 2.05) is 6.92 Å². The molecule has 0 saturated carbocycles. The van der Waals surface area contributed by atoms with Gasteiger partial charge in [0.1, 0.15) is 0 Å². The third-order valence-corrected chi connectivity index (χ3v) is 3.25. The summed E-state index contributed by atoms with van der Waals surface area (Å²) in [7, 11) is 0. The number of likely N-dealkylation sites (tertiary alicyclic amines) is 1. The number of nitrogens with zero attached hydrogens (tertiary/aromatic N) is 1. The van der Waals surface area contributed by atoms with Gasteiger partial charge in [-0.05, 0) is 18.1 Å². The first kappa shape index (κ1) is 12.1. The van der Waals surface area contributed by atoms with Gasteiger partial charge in [-0.3, -0.25) is 9.59 Å². The number of carbonyl (C=O) groups excluding carboxylic acids is 2. The van der Waals surface area contributed by atoms with E-state index in [1.54, 1.807) is 29.2 Å². The maximum atomic E-state index is 12.0. The van der Waals surface area contributed by atoms with E-state index in [0.717, 1.165) is 0 Å². The van der Waals surface area contributed by atoms with Crippen molar-refractivity contribution >= 4 is 23.3 Å². The predicted molar refractivity (Wildman–Crippen MR) is 66.1 cm³/mol. The van der Waals surface area contributed by atoms with Crippen LogP contribution in [-0.4, -0.2) is 29.7 Å². The van der Waals surface area contributed by atoms with Crippen molar-refractivity contribution in [2.75, 3.05) is 13.1 Å². The lowest BCUT2D eigenvalue weighted by molar-refractivity contribution is -0.127. The summed E-state index contributed by atoms with van der Waals surface area (Å²) in [5, 5.41) is 0.442. The quantitative estimate of drug-likeness (QED) is 0.774. The molecular weight excluding hydrogens is 238 g/mol. The Labute approximate surface area is 105 Å². The highest BCUT2D eigenvalue weighted by molar-refractivity contribution is 6.34. The van der Waals surface area contributed by atoms with Gasteiger partial charge in [-0.15, -0.1) is 0 Å². The first-order chi connectivity index (χ1) is 8.08. The molecule has 0 spiro atoms. The SMILES string of the molecule is CC1CC(=O)N(CC(=O)c2ccccc2Cl)C1. The molecule has 1 aliphatic heterocycles. The molecule has 4 heteroatoms. The van der Waals surface area contributed by atoms with Crippen molar-refractivity contribution in [1.29, 1.82) is 0 Å². The van der Waals surface area contributed by atoms with Crippen molar-refractivity contribution < 1.29 is 9.59 Å². The lowest BCUT2D eigenvalue weighted by Crippen LogP contribution is -2.31. The van der Waals surface area contributed by atoms with Crippen LogP contribution in [0.1, 0.15) is 23.7 Å². The molecule has 1 amide bonds. The highest BCUT2D eigenvalue weighted by Crippen LogP contribution is 2.19. The fourth-order valence-corrected chi connectivity index (χ4v) is 2.31. The zero-order chi connectivity index (χ0) is 12.4. The van der Waals surface area contributed by atoms with E-state index in [1.165, 1.54) is 0 Å². The minimum absolute atomic E-state index is 0.0536. The van der Waals surface area contributed by atoms with Gasteiger partial charge in [0.15, 0.2) is 5.78 Å². The van der Waals surface area contributed by atoms with Crippen LogP contribution in [0.2, 0.25) is 5.02 Å². The minimum Gasteiger partial charge on any atom is -0.335 e. The number of amides is 1. The minimum atomic E-state index is -0.0990. The number of hydrogen-bond donors (Lipinski definition) is 0. The van der Waals surface area contributed by atoms with E-state index >= 15 is 0 Å². The highest BCUT2D eigenvalue weighted by atomic mass is 35.5. The summed E-state index contributed by atoms with van der Waals surface area (Å²) >= 11 is 5.95. The lowest BCUT2D eigenvalue weighted by atomic mass is 10.1. The van der Waals surface area contributed by atoms with Gasteiger partial charge in [0.25, 0.3) is 0 Å². The number of carbonyl (C=O) groups is 2. The maximum absolute atomic E-state index is 12.0. The number of hydrogen-bond acceptors (Lipinski definition) is 2. The van der Waals surface area contributed by atoms with Crippen LogP contribution in [0.15, 0.2) is 24.3 Å². The van der Waals surface area contributed by atoms with Crippen molar-refractivity contribution in [3.63, 3.8) is 0 Å². The van der Waals surface area contributed by atoms with E-state index < -0.39 is 0 Å². The lowest BCUT2D eigenvalue weighted by Gasteiger charge is -2.15. The zero-order valence-corrected chi connectivity index (χ0v) is 10.4. The number of rotatable bonds is 3. The Morgan fingerprint density at radius 2 is 2.18 bits per heavy atom. The number of Topliss-reactive ketones (excluding diaryl/α,β-unsaturated/α-hetero) is 1. The van der Waals surface area contributed by atoms with Crippen LogP contribution in [-0.2, 0) is 4.79 Å². The van der Waals surface area contributed by atoms with Gasteiger partial charge >= 0.3 is 0 Å². The van der Waals surface area contributed by atoms with E-state index in [2.05, 4.69) is 0 Å². The second kappa shape index (κ2) is 4.88. The van der Waals surface area contributed by atoms with Gasteiger partial charge in [-0.2, -0.15) is 0 Å². The molecule has 1 aliphatic rings. The van der Waals surface area contributed by atoms with Gasteiger partial charge < -0.3 is 4.90 Å². The van der Waals surface area contributed by atoms with E-state index in [0.29, 0.717) is 29.5 Å². The molecule has 1 fully saturated rings. The molecule has 1 saturated heterocycles. The number of halogens is 1. The molecule has 1 heterocycles. The second-order valence-electron chi connectivity index (χ2n) is 4.49. The van der Waals surface area contributed by atoms with E-state index in [4.69, 9.17) is 11.6 Å². The molecule has 3 nitrogen and oxygen atoms in total. The van der Waals surface area contributed by atoms with Crippen LogP contribution in [0.4, 0.5) is 0 Å². The summed E-state index contributed by atoms with van der Waals surface area (Å²) in [5.41, 5.74) is 0.488. The molecule has 1 aromatic carbocycles. The highest BCUT2D eigenvalue weighted by Gasteiger charge is 2.28. The first-order valence-corrected chi connectivity index (χ1v) is 6.01. The van der Waals surface area contributed by atoms with Crippen LogP contribution >= 0.6 is 11.6 Å². The summed E-state index contributed by atoms with van der Waals surface area (Å²) in [6.07, 6.45) is 0.538. The van der Waals surface area contributed by atoms with Gasteiger partial charge in [0.05, 0.1) is 11.6 Å². The third kappa shape index (κ3) is 2.67. The summed E-state index contributed by atoms with van der Waals surface area (Å²) in [5.74, 6) is 0.289. The van der Waals surface area contributed by atoms with Crippen molar-refractivity contribution in [1.82, 2.24) is 4.90 Å². The molecule has 17 heavy (non-hydrogen) atoms. The molecule has 1 unspecified atom stereocenters. The molecule has 2 rings (SSSR count). The van der Waals surface area contributed by atoms with Crippen LogP contribution in [0.3, 0.4) is 0 Å². The van der Waals surface area contributed by atoms with E-state index in [-0.39, 0.29) is 18.2 Å². The monoisotopic (exact) mass is 251 g/mol. The largest absolute Gasteiger partial charge is 0.335 e. The Morgan fingerprint density at radius 1 is 1.47 bits per heavy atom. The molecule has 0 N–H and O–H groups in total. The number of benzene rings is 1. The Morgan fingerprint density at radius 3 is 2.76 bits per heavy atom. The summed E-state index contributed by atoms with van der Waals surface area (Å²) in [6, 6.07) is 6.92. The maximum Gasteiger partial charge on any atom is 0.223 e. The van der Waals surface area contributed by atoms with E-state index in [9.17, 15) is 9.59 Å². The standard InChI is InChI=1S/C13H14ClNO2/c1-9-6-13(17)15(7-9)8-12(16)10-4-2-3-5-11(10)14/h2-5,9H,6-8H2,1H3. The molecule has 0 bridgehead atoms. The molecule has 1 atom stereocenters. The Balaban J connectivity index is 2.08. The Bertz CT molecular complexity index is 458. The molecular formula is C13H14ClNO2. The van der Waals surface area contributed by atoms with Crippen molar-refractivity contribution in [2.45, 2.75) is 13.3 Å². The summed E-state index contributed by atoms with van der Waals surface area (Å²) < 4.78 is 0. The van der Waals surface area contributed by atoms with Gasteiger partial charge in [0.2, 0.25) is 5.91 Å². The molecule has 0 radical (unpaired) electrons. The average Bonchev–Trinajstić information content (AvgIpc) is 2.58. The molecule has 1 aromatic rings. The topological polar surface area (TPSA) is 37.4 Å². The fraction of sp³-hybridized carbons (Fsp3) is 0.385. The van der Waals surface area contributed by atoms with Crippen LogP contribution < -0.4 is 0 Å². The predicted octanol–water partition coefficient (Wildman–Crippen LogP) is 2.39. The Hall–Kier alpha value is -1.35. The molecule has 0 aromatic heterocycles. The van der Waals surface area contributed by atoms with Crippen molar-refractivity contribution in [2.24, 2.45) is 5.92 Å². The summed E-state index contributed by atoms with van der Waals surface area (Å²) in [4.78, 5) is 25.2. The molecule has 90 valence electrons. The van der Waals surface area contributed by atoms with Gasteiger partial charge in [0, 0.05) is 18.5 Å². The fourth-order valence-electron chi connectivity index (χ4n) is 2.07. The normalized spacial score (nSPS) is 19.8. The zero-order valence-electron chi connectivity index (χ0n) is 9.65.